The maximum absolute atomic E-state index is 4.50. The smallest absolute Gasteiger partial charge is 0.106 e. The number of thiocarbonyl (C=S) groups is 1. The summed E-state index contributed by atoms with van der Waals surface area (Å²) in [6.07, 6.45) is 0. The molecule has 0 N–H and O–H groups in total. The molecule has 3 heteroatoms. The van der Waals surface area contributed by atoms with Crippen molar-refractivity contribution in [2.45, 2.75) is 6.92 Å². The summed E-state index contributed by atoms with van der Waals surface area (Å²) in [5, 5.41) is 4.96. The number of oxime groups is 1. The normalized spacial score (nSPS) is 10.9. The van der Waals surface area contributed by atoms with E-state index in [0.717, 1.165) is 5.71 Å². The Balaban J connectivity index is 3.49. The van der Waals surface area contributed by atoms with Gasteiger partial charge in [-0.2, -0.15) is 0 Å². The van der Waals surface area contributed by atoms with Crippen molar-refractivity contribution in [1.82, 2.24) is 0 Å². The van der Waals surface area contributed by atoms with E-state index in [1.807, 2.05) is 0 Å². The summed E-state index contributed by atoms with van der Waals surface area (Å²) >= 11 is 4.50. The first-order chi connectivity index (χ1) is 3.31. The van der Waals surface area contributed by atoms with E-state index >= 15 is 0 Å². The standard InChI is InChI=1S/C4H7NOS/c1-4(3-7)5-6-2/h3H,1-2H3/b5-4+. The molecule has 0 aliphatic heterocycles. The zero-order valence-corrected chi connectivity index (χ0v) is 5.16. The number of nitrogens with zero attached hydrogens (tertiary/aromatic N) is 1. The maximum atomic E-state index is 4.50. The van der Waals surface area contributed by atoms with E-state index in [4.69, 9.17) is 0 Å². The molecule has 7 heavy (non-hydrogen) atoms. The molecule has 40 valence electrons. The fraction of sp³-hybridized carbons (Fsp3) is 0.500. The van der Waals surface area contributed by atoms with Gasteiger partial charge in [0.1, 0.15) is 7.11 Å². The molecule has 0 unspecified atom stereocenters. The fourth-order valence-electron chi connectivity index (χ4n) is 0.166. The lowest BCUT2D eigenvalue weighted by molar-refractivity contribution is 0.214. The van der Waals surface area contributed by atoms with Crippen molar-refractivity contribution in [2.75, 3.05) is 7.11 Å². The predicted molar refractivity (Wildman–Crippen MR) is 33.8 cm³/mol. The minimum Gasteiger partial charge on any atom is -0.399 e. The Hall–Kier alpha value is -0.440. The van der Waals surface area contributed by atoms with Gasteiger partial charge >= 0.3 is 0 Å². The molecule has 2 nitrogen and oxygen atoms in total. The molecule has 0 amide bonds. The van der Waals surface area contributed by atoms with E-state index in [9.17, 15) is 0 Å². The van der Waals surface area contributed by atoms with E-state index in [1.54, 1.807) is 6.92 Å². The minimum atomic E-state index is 0.720. The van der Waals surface area contributed by atoms with Crippen LogP contribution >= 0.6 is 12.2 Å². The Morgan fingerprint density at radius 1 is 1.86 bits per heavy atom. The van der Waals surface area contributed by atoms with Crippen molar-refractivity contribution in [3.05, 3.63) is 0 Å². The van der Waals surface area contributed by atoms with Crippen LogP contribution in [0.2, 0.25) is 0 Å². The molecule has 0 aromatic heterocycles. The van der Waals surface area contributed by atoms with Gasteiger partial charge in [-0.15, -0.1) is 0 Å². The predicted octanol–water partition coefficient (Wildman–Crippen LogP) is 1.01. The van der Waals surface area contributed by atoms with Crippen molar-refractivity contribution in [3.63, 3.8) is 0 Å². The molecule has 0 aliphatic rings. The molecule has 0 aromatic rings. The highest BCUT2D eigenvalue weighted by Gasteiger charge is 1.76. The first-order valence-electron chi connectivity index (χ1n) is 1.84. The summed E-state index contributed by atoms with van der Waals surface area (Å²) in [6, 6.07) is 0. The fourth-order valence-corrected chi connectivity index (χ4v) is 0.209. The minimum absolute atomic E-state index is 0.720. The Morgan fingerprint density at radius 2 is 2.43 bits per heavy atom. The SMILES string of the molecule is CO/N=C(\C)C=S. The molecule has 0 saturated carbocycles. The third-order valence-electron chi connectivity index (χ3n) is 0.406. The van der Waals surface area contributed by atoms with Crippen LogP contribution in [-0.4, -0.2) is 18.2 Å². The topological polar surface area (TPSA) is 21.6 Å². The third-order valence-corrected chi connectivity index (χ3v) is 0.747. The van der Waals surface area contributed by atoms with Gasteiger partial charge in [-0.05, 0) is 6.92 Å². The highest BCUT2D eigenvalue weighted by molar-refractivity contribution is 7.80. The van der Waals surface area contributed by atoms with Gasteiger partial charge in [-0.3, -0.25) is 0 Å². The van der Waals surface area contributed by atoms with Gasteiger partial charge in [0.25, 0.3) is 0 Å². The van der Waals surface area contributed by atoms with Crippen LogP contribution in [0.4, 0.5) is 0 Å². The third kappa shape index (κ3) is 3.39. The molecule has 0 saturated heterocycles. The van der Waals surface area contributed by atoms with Gasteiger partial charge < -0.3 is 4.84 Å². The van der Waals surface area contributed by atoms with E-state index in [2.05, 4.69) is 22.2 Å². The van der Waals surface area contributed by atoms with Crippen LogP contribution < -0.4 is 0 Å². The molecule has 0 heterocycles. The Morgan fingerprint density at radius 3 is 2.57 bits per heavy atom. The summed E-state index contributed by atoms with van der Waals surface area (Å²) < 4.78 is 0. The van der Waals surface area contributed by atoms with E-state index < -0.39 is 0 Å². The molecular weight excluding hydrogens is 110 g/mol. The molecule has 0 bridgehead atoms. The molecule has 0 spiro atoms. The summed E-state index contributed by atoms with van der Waals surface area (Å²) in [4.78, 5) is 4.38. The number of rotatable bonds is 2. The van der Waals surface area contributed by atoms with E-state index in [-0.39, 0.29) is 0 Å². The average molecular weight is 117 g/mol. The first kappa shape index (κ1) is 6.56. The monoisotopic (exact) mass is 117 g/mol. The lowest BCUT2D eigenvalue weighted by Crippen LogP contribution is -1.88. The summed E-state index contributed by atoms with van der Waals surface area (Å²) in [5.41, 5.74) is 0.720. The lowest BCUT2D eigenvalue weighted by atomic mass is 10.5. The van der Waals surface area contributed by atoms with Crippen molar-refractivity contribution in [2.24, 2.45) is 5.16 Å². The molecule has 0 radical (unpaired) electrons. The zero-order chi connectivity index (χ0) is 5.70. The molecule has 0 rings (SSSR count). The molecular formula is C4H7NOS. The van der Waals surface area contributed by atoms with Gasteiger partial charge in [-0.25, -0.2) is 0 Å². The first-order valence-corrected chi connectivity index (χ1v) is 2.31. The summed E-state index contributed by atoms with van der Waals surface area (Å²) in [6.45, 7) is 1.77. The zero-order valence-electron chi connectivity index (χ0n) is 4.34. The summed E-state index contributed by atoms with van der Waals surface area (Å²) in [7, 11) is 1.49. The van der Waals surface area contributed by atoms with E-state index in [1.165, 1.54) is 12.5 Å². The van der Waals surface area contributed by atoms with Crippen LogP contribution in [0, 0.1) is 0 Å². The number of hydrogen-bond acceptors (Lipinski definition) is 3. The van der Waals surface area contributed by atoms with E-state index in [0.29, 0.717) is 0 Å². The maximum Gasteiger partial charge on any atom is 0.106 e. The van der Waals surface area contributed by atoms with Gasteiger partial charge in [0, 0.05) is 5.37 Å². The van der Waals surface area contributed by atoms with Gasteiger partial charge in [0.05, 0.1) is 5.71 Å². The van der Waals surface area contributed by atoms with Crippen LogP contribution in [0.3, 0.4) is 0 Å². The van der Waals surface area contributed by atoms with Crippen LogP contribution in [0.5, 0.6) is 0 Å². The van der Waals surface area contributed by atoms with Gasteiger partial charge in [0.2, 0.25) is 0 Å². The molecule has 0 aliphatic carbocycles. The van der Waals surface area contributed by atoms with Crippen molar-refractivity contribution < 1.29 is 4.84 Å². The number of hydrogen-bond donors (Lipinski definition) is 0. The second-order valence-electron chi connectivity index (χ2n) is 1.03. The largest absolute Gasteiger partial charge is 0.399 e. The summed E-state index contributed by atoms with van der Waals surface area (Å²) in [5.74, 6) is 0. The Labute approximate surface area is 48.2 Å². The molecule has 0 atom stereocenters. The van der Waals surface area contributed by atoms with Crippen LogP contribution in [0.15, 0.2) is 5.16 Å². The van der Waals surface area contributed by atoms with Crippen LogP contribution in [0.1, 0.15) is 6.92 Å². The quantitative estimate of drug-likeness (QED) is 0.306. The highest BCUT2D eigenvalue weighted by Crippen LogP contribution is 1.71. The highest BCUT2D eigenvalue weighted by atomic mass is 32.1. The van der Waals surface area contributed by atoms with Gasteiger partial charge in [-0.1, -0.05) is 17.4 Å². The molecule has 0 fully saturated rings. The van der Waals surface area contributed by atoms with Crippen LogP contribution in [0.25, 0.3) is 0 Å². The second kappa shape index (κ2) is 3.74. The Bertz CT molecular complexity index is 89.7. The van der Waals surface area contributed by atoms with Crippen LogP contribution in [-0.2, 0) is 4.84 Å². The molecule has 0 aromatic carbocycles. The van der Waals surface area contributed by atoms with Crippen molar-refractivity contribution in [3.8, 4) is 0 Å². The average Bonchev–Trinajstić information content (AvgIpc) is 1.68. The second-order valence-corrected chi connectivity index (χ2v) is 1.27. The van der Waals surface area contributed by atoms with Crippen molar-refractivity contribution >= 4 is 23.3 Å². The lowest BCUT2D eigenvalue weighted by Gasteiger charge is -1.84. The van der Waals surface area contributed by atoms with Crippen molar-refractivity contribution in [1.29, 1.82) is 0 Å². The Kier molecular flexibility index (Phi) is 3.50. The van der Waals surface area contributed by atoms with Gasteiger partial charge in [0.15, 0.2) is 0 Å².